The Labute approximate surface area is 114 Å². The number of carbonyl (C=O) groups is 1. The van der Waals surface area contributed by atoms with Gasteiger partial charge in [0, 0.05) is 28.8 Å². The monoisotopic (exact) mass is 266 g/mol. The average Bonchev–Trinajstić information content (AvgIpc) is 2.33. The topological polar surface area (TPSA) is 55.1 Å². The molecule has 1 atom stereocenters. The molecule has 0 saturated heterocycles. The molecule has 18 heavy (non-hydrogen) atoms. The summed E-state index contributed by atoms with van der Waals surface area (Å²) in [5.74, 6) is -0.0251. The number of hydrogen-bond acceptors (Lipinski definition) is 3. The van der Waals surface area contributed by atoms with E-state index < -0.39 is 0 Å². The van der Waals surface area contributed by atoms with Gasteiger partial charge >= 0.3 is 0 Å². The van der Waals surface area contributed by atoms with Crippen LogP contribution in [0.2, 0.25) is 0 Å². The fourth-order valence-corrected chi connectivity index (χ4v) is 2.53. The first kappa shape index (κ1) is 15.1. The van der Waals surface area contributed by atoms with E-state index in [2.05, 4.69) is 31.3 Å². The van der Waals surface area contributed by atoms with Crippen molar-refractivity contribution >= 4 is 23.4 Å². The molecule has 0 aliphatic heterocycles. The van der Waals surface area contributed by atoms with Gasteiger partial charge in [0.15, 0.2) is 0 Å². The summed E-state index contributed by atoms with van der Waals surface area (Å²) in [6, 6.07) is 6.14. The third-order valence-corrected chi connectivity index (χ3v) is 4.02. The second-order valence-corrected chi connectivity index (χ2v) is 5.91. The number of hydrogen-bond donors (Lipinski definition) is 2. The fraction of sp³-hybridized carbons (Fsp3) is 0.500. The Hall–Kier alpha value is -1.00. The Balaban J connectivity index is 2.70. The molecule has 100 valence electrons. The van der Waals surface area contributed by atoms with Gasteiger partial charge in [-0.05, 0) is 37.1 Å². The summed E-state index contributed by atoms with van der Waals surface area (Å²) in [4.78, 5) is 12.7. The number of amides is 1. The van der Waals surface area contributed by atoms with Crippen molar-refractivity contribution in [3.63, 3.8) is 0 Å². The van der Waals surface area contributed by atoms with E-state index in [-0.39, 0.29) is 5.91 Å². The maximum absolute atomic E-state index is 11.5. The minimum absolute atomic E-state index is 0.0251. The standard InChI is InChI=1S/C14H22N2OS/c1-4-11(3)18-12-5-6-13(10(2)9-12)16-14(17)7-8-15/h5-6,9,11H,4,7-8,15H2,1-3H3,(H,16,17). The van der Waals surface area contributed by atoms with Gasteiger partial charge in [-0.2, -0.15) is 0 Å². The van der Waals surface area contributed by atoms with Gasteiger partial charge in [0.05, 0.1) is 0 Å². The quantitative estimate of drug-likeness (QED) is 0.778. The summed E-state index contributed by atoms with van der Waals surface area (Å²) in [6.45, 7) is 6.80. The van der Waals surface area contributed by atoms with Crippen LogP contribution in [-0.4, -0.2) is 17.7 Å². The zero-order valence-corrected chi connectivity index (χ0v) is 12.1. The highest BCUT2D eigenvalue weighted by Gasteiger charge is 2.06. The SMILES string of the molecule is CCC(C)Sc1ccc(NC(=O)CCN)c(C)c1. The third-order valence-electron chi connectivity index (χ3n) is 2.76. The molecule has 0 heterocycles. The number of rotatable bonds is 6. The lowest BCUT2D eigenvalue weighted by atomic mass is 10.2. The molecule has 1 unspecified atom stereocenters. The Morgan fingerprint density at radius 3 is 2.78 bits per heavy atom. The Morgan fingerprint density at radius 2 is 2.22 bits per heavy atom. The number of thioether (sulfide) groups is 1. The predicted octanol–water partition coefficient (Wildman–Crippen LogP) is 3.17. The maximum atomic E-state index is 11.5. The zero-order chi connectivity index (χ0) is 13.5. The number of aryl methyl sites for hydroxylation is 1. The number of benzene rings is 1. The van der Waals surface area contributed by atoms with Gasteiger partial charge in [0.25, 0.3) is 0 Å². The van der Waals surface area contributed by atoms with E-state index in [4.69, 9.17) is 5.73 Å². The molecule has 1 rings (SSSR count). The predicted molar refractivity (Wildman–Crippen MR) is 79.1 cm³/mol. The first-order valence-electron chi connectivity index (χ1n) is 6.34. The van der Waals surface area contributed by atoms with E-state index in [0.717, 1.165) is 17.7 Å². The molecule has 0 fully saturated rings. The van der Waals surface area contributed by atoms with Crippen molar-refractivity contribution in [2.75, 3.05) is 11.9 Å². The lowest BCUT2D eigenvalue weighted by Gasteiger charge is -2.12. The van der Waals surface area contributed by atoms with E-state index >= 15 is 0 Å². The molecule has 0 bridgehead atoms. The average molecular weight is 266 g/mol. The van der Waals surface area contributed by atoms with Crippen LogP contribution in [0.3, 0.4) is 0 Å². The highest BCUT2D eigenvalue weighted by Crippen LogP contribution is 2.28. The second-order valence-electron chi connectivity index (χ2n) is 4.40. The van der Waals surface area contributed by atoms with E-state index in [1.165, 1.54) is 4.90 Å². The van der Waals surface area contributed by atoms with E-state index in [0.29, 0.717) is 18.2 Å². The third kappa shape index (κ3) is 4.70. The summed E-state index contributed by atoms with van der Waals surface area (Å²) >= 11 is 1.86. The van der Waals surface area contributed by atoms with Crippen LogP contribution in [0.5, 0.6) is 0 Å². The van der Waals surface area contributed by atoms with Gasteiger partial charge < -0.3 is 11.1 Å². The van der Waals surface area contributed by atoms with Crippen molar-refractivity contribution in [2.24, 2.45) is 5.73 Å². The van der Waals surface area contributed by atoms with Crippen molar-refractivity contribution in [1.82, 2.24) is 0 Å². The summed E-state index contributed by atoms with van der Waals surface area (Å²) in [6.07, 6.45) is 1.52. The number of carbonyl (C=O) groups excluding carboxylic acids is 1. The van der Waals surface area contributed by atoms with Crippen molar-refractivity contribution in [3.8, 4) is 0 Å². The Morgan fingerprint density at radius 1 is 1.50 bits per heavy atom. The van der Waals surface area contributed by atoms with Gasteiger partial charge in [0.2, 0.25) is 5.91 Å². The van der Waals surface area contributed by atoms with Crippen LogP contribution in [0.15, 0.2) is 23.1 Å². The minimum Gasteiger partial charge on any atom is -0.330 e. The van der Waals surface area contributed by atoms with Crippen molar-refractivity contribution in [1.29, 1.82) is 0 Å². The van der Waals surface area contributed by atoms with Gasteiger partial charge in [-0.25, -0.2) is 0 Å². The number of anilines is 1. The summed E-state index contributed by atoms with van der Waals surface area (Å²) in [7, 11) is 0. The molecule has 1 amide bonds. The molecule has 0 spiro atoms. The first-order valence-corrected chi connectivity index (χ1v) is 7.22. The molecular weight excluding hydrogens is 244 g/mol. The molecule has 3 nitrogen and oxygen atoms in total. The van der Waals surface area contributed by atoms with E-state index in [9.17, 15) is 4.79 Å². The normalized spacial score (nSPS) is 12.2. The highest BCUT2D eigenvalue weighted by molar-refractivity contribution is 7.99. The molecule has 0 saturated carbocycles. The maximum Gasteiger partial charge on any atom is 0.225 e. The van der Waals surface area contributed by atoms with Gasteiger partial charge in [-0.1, -0.05) is 13.8 Å². The second kappa shape index (κ2) is 7.44. The summed E-state index contributed by atoms with van der Waals surface area (Å²) in [5, 5.41) is 3.49. The minimum atomic E-state index is -0.0251. The Bertz CT molecular complexity index is 407. The van der Waals surface area contributed by atoms with Crippen LogP contribution in [0.4, 0.5) is 5.69 Å². The molecule has 0 aliphatic carbocycles. The van der Waals surface area contributed by atoms with E-state index in [1.54, 1.807) is 0 Å². The van der Waals surface area contributed by atoms with Crippen LogP contribution in [0.25, 0.3) is 0 Å². The van der Waals surface area contributed by atoms with Crippen molar-refractivity contribution < 1.29 is 4.79 Å². The van der Waals surface area contributed by atoms with Crippen molar-refractivity contribution in [2.45, 2.75) is 43.8 Å². The number of nitrogens with two attached hydrogens (primary N) is 1. The lowest BCUT2D eigenvalue weighted by Crippen LogP contribution is -2.16. The highest BCUT2D eigenvalue weighted by atomic mass is 32.2. The fourth-order valence-electron chi connectivity index (χ4n) is 1.51. The number of nitrogens with one attached hydrogen (secondary N) is 1. The zero-order valence-electron chi connectivity index (χ0n) is 11.3. The smallest absolute Gasteiger partial charge is 0.225 e. The van der Waals surface area contributed by atoms with Crippen LogP contribution in [-0.2, 0) is 4.79 Å². The molecule has 1 aromatic carbocycles. The van der Waals surface area contributed by atoms with Crippen LogP contribution in [0.1, 0.15) is 32.3 Å². The molecule has 1 aromatic rings. The largest absolute Gasteiger partial charge is 0.330 e. The molecule has 0 aromatic heterocycles. The van der Waals surface area contributed by atoms with Crippen LogP contribution in [0, 0.1) is 6.92 Å². The molecule has 0 radical (unpaired) electrons. The molecule has 3 N–H and O–H groups in total. The van der Waals surface area contributed by atoms with Gasteiger partial charge in [-0.15, -0.1) is 11.8 Å². The summed E-state index contributed by atoms with van der Waals surface area (Å²) < 4.78 is 0. The molecule has 4 heteroatoms. The van der Waals surface area contributed by atoms with Crippen molar-refractivity contribution in [3.05, 3.63) is 23.8 Å². The first-order chi connectivity index (χ1) is 8.56. The van der Waals surface area contributed by atoms with Crippen LogP contribution < -0.4 is 11.1 Å². The van der Waals surface area contributed by atoms with E-state index in [1.807, 2.05) is 24.8 Å². The molecule has 0 aliphatic rings. The summed E-state index contributed by atoms with van der Waals surface area (Å²) in [5.41, 5.74) is 7.32. The van der Waals surface area contributed by atoms with Gasteiger partial charge in [-0.3, -0.25) is 4.79 Å². The van der Waals surface area contributed by atoms with Crippen LogP contribution >= 0.6 is 11.8 Å². The molecular formula is C14H22N2OS. The Kier molecular flexibility index (Phi) is 6.22. The lowest BCUT2D eigenvalue weighted by molar-refractivity contribution is -0.116. The van der Waals surface area contributed by atoms with Gasteiger partial charge in [0.1, 0.15) is 0 Å².